The van der Waals surface area contributed by atoms with Crippen molar-refractivity contribution < 1.29 is 18.9 Å². The maximum Gasteiger partial charge on any atom is 0.203 e. The fraction of sp³-hybridized carbons (Fsp3) is 0.200. The Labute approximate surface area is 167 Å². The van der Waals surface area contributed by atoms with Crippen molar-refractivity contribution in [1.29, 1.82) is 0 Å². The number of hydrogen-bond acceptors (Lipinski definition) is 8. The van der Waals surface area contributed by atoms with Crippen molar-refractivity contribution >= 4 is 22.7 Å². The highest BCUT2D eigenvalue weighted by molar-refractivity contribution is 7.14. The second-order valence-corrected chi connectivity index (χ2v) is 6.42. The van der Waals surface area contributed by atoms with Crippen LogP contribution in [0.2, 0.25) is 0 Å². The number of anilines is 1. The molecule has 3 rings (SSSR count). The van der Waals surface area contributed by atoms with Gasteiger partial charge in [-0.3, -0.25) is 5.43 Å². The van der Waals surface area contributed by atoms with Crippen LogP contribution in [0.5, 0.6) is 23.0 Å². The molecule has 0 radical (unpaired) electrons. The normalized spacial score (nSPS) is 10.7. The number of thiazole rings is 1. The molecule has 0 bridgehead atoms. The van der Waals surface area contributed by atoms with E-state index in [9.17, 15) is 0 Å². The van der Waals surface area contributed by atoms with Crippen molar-refractivity contribution in [1.82, 2.24) is 4.98 Å². The highest BCUT2D eigenvalue weighted by Crippen LogP contribution is 2.34. The van der Waals surface area contributed by atoms with Crippen molar-refractivity contribution in [2.45, 2.75) is 0 Å². The number of aromatic nitrogens is 1. The zero-order chi connectivity index (χ0) is 19.9. The van der Waals surface area contributed by atoms with E-state index >= 15 is 0 Å². The molecule has 0 amide bonds. The number of nitrogens with one attached hydrogen (secondary N) is 1. The lowest BCUT2D eigenvalue weighted by Gasteiger charge is -2.11. The van der Waals surface area contributed by atoms with Crippen molar-refractivity contribution in [3.8, 4) is 34.3 Å². The average Bonchev–Trinajstić information content (AvgIpc) is 3.21. The van der Waals surface area contributed by atoms with E-state index in [0.29, 0.717) is 22.4 Å². The lowest BCUT2D eigenvalue weighted by molar-refractivity contribution is 0.349. The van der Waals surface area contributed by atoms with Crippen molar-refractivity contribution in [3.63, 3.8) is 0 Å². The monoisotopic (exact) mass is 399 g/mol. The minimum Gasteiger partial charge on any atom is -0.496 e. The van der Waals surface area contributed by atoms with E-state index < -0.39 is 0 Å². The number of rotatable bonds is 8. The first kappa shape index (κ1) is 19.5. The van der Waals surface area contributed by atoms with Crippen LogP contribution >= 0.6 is 11.3 Å². The molecule has 0 spiro atoms. The highest BCUT2D eigenvalue weighted by atomic mass is 32.1. The van der Waals surface area contributed by atoms with E-state index in [2.05, 4.69) is 15.5 Å². The molecule has 1 heterocycles. The second-order valence-electron chi connectivity index (χ2n) is 5.56. The smallest absolute Gasteiger partial charge is 0.203 e. The molecule has 0 atom stereocenters. The number of nitrogens with zero attached hydrogens (tertiary/aromatic N) is 2. The van der Waals surface area contributed by atoms with E-state index in [1.54, 1.807) is 46.8 Å². The molecule has 7 nitrogen and oxygen atoms in total. The third-order valence-electron chi connectivity index (χ3n) is 3.99. The molecule has 1 N–H and O–H groups in total. The lowest BCUT2D eigenvalue weighted by atomic mass is 10.1. The zero-order valence-electron chi connectivity index (χ0n) is 16.1. The van der Waals surface area contributed by atoms with Gasteiger partial charge in [-0.05, 0) is 18.2 Å². The molecular formula is C20H21N3O4S. The number of hydrogen-bond donors (Lipinski definition) is 1. The Morgan fingerprint density at radius 3 is 2.29 bits per heavy atom. The quantitative estimate of drug-likeness (QED) is 0.450. The van der Waals surface area contributed by atoms with E-state index in [1.807, 2.05) is 29.6 Å². The summed E-state index contributed by atoms with van der Waals surface area (Å²) >= 11 is 1.45. The molecule has 1 aromatic heterocycles. The predicted octanol–water partition coefficient (Wildman–Crippen LogP) is 4.29. The van der Waals surface area contributed by atoms with Crippen LogP contribution in [0.15, 0.2) is 46.9 Å². The van der Waals surface area contributed by atoms with Crippen LogP contribution < -0.4 is 24.4 Å². The van der Waals surface area contributed by atoms with Crippen LogP contribution in [0.4, 0.5) is 5.13 Å². The van der Waals surface area contributed by atoms with Gasteiger partial charge < -0.3 is 18.9 Å². The molecule has 0 saturated carbocycles. The van der Waals surface area contributed by atoms with Gasteiger partial charge in [0.2, 0.25) is 5.13 Å². The van der Waals surface area contributed by atoms with Gasteiger partial charge in [0.1, 0.15) is 11.5 Å². The maximum absolute atomic E-state index is 5.40. The molecule has 8 heteroatoms. The molecular weight excluding hydrogens is 378 g/mol. The van der Waals surface area contributed by atoms with Crippen molar-refractivity contribution in [2.75, 3.05) is 33.9 Å². The molecule has 0 fully saturated rings. The molecule has 0 aliphatic heterocycles. The number of para-hydroxylation sites is 1. The van der Waals surface area contributed by atoms with E-state index in [1.165, 1.54) is 11.3 Å². The van der Waals surface area contributed by atoms with Crippen molar-refractivity contribution in [3.05, 3.63) is 47.3 Å². The van der Waals surface area contributed by atoms with Gasteiger partial charge in [-0.15, -0.1) is 11.3 Å². The van der Waals surface area contributed by atoms with Gasteiger partial charge in [-0.1, -0.05) is 12.1 Å². The van der Waals surface area contributed by atoms with Gasteiger partial charge in [-0.25, -0.2) is 4.98 Å². The summed E-state index contributed by atoms with van der Waals surface area (Å²) in [6, 6.07) is 11.3. The standard InChI is InChI=1S/C20H21N3O4S/c1-24-16-8-6-5-7-14(16)15-12-28-20(22-15)23-21-11-13-9-18(26-3)19(27-4)10-17(13)25-2/h5-12H,1-4H3,(H,22,23)/b21-11-. The predicted molar refractivity (Wildman–Crippen MR) is 111 cm³/mol. The van der Waals surface area contributed by atoms with E-state index in [-0.39, 0.29) is 0 Å². The molecule has 0 unspecified atom stereocenters. The molecule has 3 aromatic rings. The minimum absolute atomic E-state index is 0.589. The Morgan fingerprint density at radius 2 is 1.57 bits per heavy atom. The summed E-state index contributed by atoms with van der Waals surface area (Å²) in [6.45, 7) is 0. The van der Waals surface area contributed by atoms with Gasteiger partial charge in [0.15, 0.2) is 11.5 Å². The maximum atomic E-state index is 5.40. The fourth-order valence-corrected chi connectivity index (χ4v) is 3.28. The average molecular weight is 399 g/mol. The van der Waals surface area contributed by atoms with Crippen LogP contribution in [0.3, 0.4) is 0 Å². The third-order valence-corrected chi connectivity index (χ3v) is 4.73. The summed E-state index contributed by atoms with van der Waals surface area (Å²) in [5.41, 5.74) is 5.44. The largest absolute Gasteiger partial charge is 0.496 e. The zero-order valence-corrected chi connectivity index (χ0v) is 16.9. The van der Waals surface area contributed by atoms with Crippen LogP contribution in [0.1, 0.15) is 5.56 Å². The van der Waals surface area contributed by atoms with E-state index in [4.69, 9.17) is 18.9 Å². The third kappa shape index (κ3) is 4.17. The van der Waals surface area contributed by atoms with Crippen molar-refractivity contribution in [2.24, 2.45) is 5.10 Å². The van der Waals surface area contributed by atoms with Gasteiger partial charge in [-0.2, -0.15) is 5.10 Å². The Morgan fingerprint density at radius 1 is 0.893 bits per heavy atom. The van der Waals surface area contributed by atoms with Gasteiger partial charge >= 0.3 is 0 Å². The topological polar surface area (TPSA) is 74.2 Å². The number of benzene rings is 2. The molecule has 0 aliphatic rings. The fourth-order valence-electron chi connectivity index (χ4n) is 2.62. The molecule has 28 heavy (non-hydrogen) atoms. The highest BCUT2D eigenvalue weighted by Gasteiger charge is 2.11. The summed E-state index contributed by atoms with van der Waals surface area (Å²) in [7, 11) is 6.39. The van der Waals surface area contributed by atoms with Crippen LogP contribution in [0, 0.1) is 0 Å². The Balaban J connectivity index is 1.78. The summed E-state index contributed by atoms with van der Waals surface area (Å²) in [5, 5.41) is 6.88. The molecule has 146 valence electrons. The number of hydrazone groups is 1. The first-order valence-electron chi connectivity index (χ1n) is 8.38. The molecule has 0 aliphatic carbocycles. The summed E-state index contributed by atoms with van der Waals surface area (Å²) in [6.07, 6.45) is 1.64. The first-order valence-corrected chi connectivity index (χ1v) is 9.26. The summed E-state index contributed by atoms with van der Waals surface area (Å²) < 4.78 is 21.4. The minimum atomic E-state index is 0.589. The van der Waals surface area contributed by atoms with E-state index in [0.717, 1.165) is 22.6 Å². The number of ether oxygens (including phenoxy) is 4. The van der Waals surface area contributed by atoms with Gasteiger partial charge in [0.05, 0.1) is 40.3 Å². The SMILES string of the molecule is COc1cc(OC)c(OC)cc1/C=N\Nc1nc(-c2ccccc2OC)cs1. The lowest BCUT2D eigenvalue weighted by Crippen LogP contribution is -1.98. The first-order chi connectivity index (χ1) is 13.7. The Bertz CT molecular complexity index is 972. The Kier molecular flexibility index (Phi) is 6.33. The molecule has 2 aromatic carbocycles. The van der Waals surface area contributed by atoms with Crippen LogP contribution in [-0.2, 0) is 0 Å². The van der Waals surface area contributed by atoms with Crippen LogP contribution in [-0.4, -0.2) is 39.6 Å². The van der Waals surface area contributed by atoms with Gasteiger partial charge in [0.25, 0.3) is 0 Å². The summed E-state index contributed by atoms with van der Waals surface area (Å²) in [4.78, 5) is 4.56. The van der Waals surface area contributed by atoms with Gasteiger partial charge in [0, 0.05) is 22.6 Å². The Hall–Kier alpha value is -3.26. The molecule has 0 saturated heterocycles. The second kappa shape index (κ2) is 9.09. The van der Waals surface area contributed by atoms with Crippen LogP contribution in [0.25, 0.3) is 11.3 Å². The summed E-state index contributed by atoms with van der Waals surface area (Å²) in [5.74, 6) is 2.58. The number of methoxy groups -OCH3 is 4.